The van der Waals surface area contributed by atoms with Gasteiger partial charge in [0.2, 0.25) is 0 Å². The number of carbonyl (C=O) groups is 1. The molecule has 4 nitrogen and oxygen atoms in total. The van der Waals surface area contributed by atoms with E-state index in [0.29, 0.717) is 17.2 Å². The van der Waals surface area contributed by atoms with Crippen LogP contribution in [0, 0.1) is 0 Å². The average Bonchev–Trinajstić information content (AvgIpc) is 2.56. The molecule has 0 heterocycles. The Morgan fingerprint density at radius 3 is 2.42 bits per heavy atom. The van der Waals surface area contributed by atoms with Crippen LogP contribution in [0.25, 0.3) is 0 Å². The second-order valence-electron chi connectivity index (χ2n) is 6.46. The summed E-state index contributed by atoms with van der Waals surface area (Å²) in [5.41, 5.74) is 2.53. The highest BCUT2D eigenvalue weighted by Gasteiger charge is 2.13. The molecule has 2 aromatic carbocycles. The van der Waals surface area contributed by atoms with Crippen molar-refractivity contribution >= 4 is 44.9 Å². The molecule has 0 saturated heterocycles. The Bertz CT molecular complexity index is 806. The van der Waals surface area contributed by atoms with E-state index in [1.54, 1.807) is 18.2 Å². The van der Waals surface area contributed by atoms with Crippen LogP contribution in [0.4, 0.5) is 5.69 Å². The molecule has 0 spiro atoms. The molecular formula is C20H23BrN2O2S. The van der Waals surface area contributed by atoms with Crippen molar-refractivity contribution in [2.24, 2.45) is 0 Å². The number of carbonyl (C=O) groups excluding carboxylic acids is 1. The Morgan fingerprint density at radius 1 is 1.12 bits per heavy atom. The van der Waals surface area contributed by atoms with E-state index in [2.05, 4.69) is 40.4 Å². The first-order valence-corrected chi connectivity index (χ1v) is 9.65. The normalized spacial score (nSPS) is 10.7. The third kappa shape index (κ3) is 5.54. The zero-order valence-electron chi connectivity index (χ0n) is 15.3. The van der Waals surface area contributed by atoms with Gasteiger partial charge >= 0.3 is 0 Å². The van der Waals surface area contributed by atoms with E-state index in [1.807, 2.05) is 38.1 Å². The van der Waals surface area contributed by atoms with E-state index in [0.717, 1.165) is 15.7 Å². The molecule has 0 bridgehead atoms. The predicted molar refractivity (Wildman–Crippen MR) is 114 cm³/mol. The minimum atomic E-state index is -0.277. The molecular weight excluding hydrogens is 412 g/mol. The van der Waals surface area contributed by atoms with Gasteiger partial charge in [0.05, 0.1) is 10.6 Å². The smallest absolute Gasteiger partial charge is 0.257 e. The molecule has 0 saturated carbocycles. The molecule has 0 atom stereocenters. The Morgan fingerprint density at radius 2 is 1.81 bits per heavy atom. The first-order chi connectivity index (χ1) is 12.3. The van der Waals surface area contributed by atoms with Gasteiger partial charge in [-0.1, -0.05) is 32.0 Å². The van der Waals surface area contributed by atoms with Crippen molar-refractivity contribution in [3.63, 3.8) is 0 Å². The summed E-state index contributed by atoms with van der Waals surface area (Å²) in [4.78, 5) is 12.4. The summed E-state index contributed by atoms with van der Waals surface area (Å²) in [6.07, 6.45) is 0.0591. The lowest BCUT2D eigenvalue weighted by molar-refractivity contribution is 0.0977. The number of benzene rings is 2. The molecule has 6 heteroatoms. The van der Waals surface area contributed by atoms with Gasteiger partial charge in [0, 0.05) is 11.3 Å². The van der Waals surface area contributed by atoms with E-state index in [1.165, 1.54) is 0 Å². The maximum absolute atomic E-state index is 12.4. The third-order valence-corrected chi connectivity index (χ3v) is 4.44. The molecule has 26 heavy (non-hydrogen) atoms. The Hall–Kier alpha value is -1.92. The van der Waals surface area contributed by atoms with Crippen LogP contribution in [0.2, 0.25) is 0 Å². The summed E-state index contributed by atoms with van der Waals surface area (Å²) < 4.78 is 6.38. The molecule has 2 aromatic rings. The predicted octanol–water partition coefficient (Wildman–Crippen LogP) is 5.49. The monoisotopic (exact) mass is 434 g/mol. The number of thiocarbonyl (C=S) groups is 1. The minimum Gasteiger partial charge on any atom is -0.490 e. The second-order valence-corrected chi connectivity index (χ2v) is 7.72. The van der Waals surface area contributed by atoms with E-state index >= 15 is 0 Å². The van der Waals surface area contributed by atoms with Crippen molar-refractivity contribution in [2.45, 2.75) is 39.7 Å². The summed E-state index contributed by atoms with van der Waals surface area (Å²) in [7, 11) is 0. The van der Waals surface area contributed by atoms with Crippen molar-refractivity contribution in [1.82, 2.24) is 5.32 Å². The van der Waals surface area contributed by atoms with Gasteiger partial charge in [0.1, 0.15) is 5.75 Å². The van der Waals surface area contributed by atoms with Gasteiger partial charge in [-0.2, -0.15) is 0 Å². The van der Waals surface area contributed by atoms with E-state index in [9.17, 15) is 4.79 Å². The van der Waals surface area contributed by atoms with Gasteiger partial charge in [0.15, 0.2) is 5.11 Å². The molecule has 0 aromatic heterocycles. The molecule has 0 aliphatic carbocycles. The van der Waals surface area contributed by atoms with Gasteiger partial charge in [-0.25, -0.2) is 0 Å². The molecule has 2 rings (SSSR count). The molecule has 2 N–H and O–H groups in total. The fourth-order valence-corrected chi connectivity index (χ4v) is 3.11. The van der Waals surface area contributed by atoms with Crippen molar-refractivity contribution in [3.8, 4) is 5.75 Å². The fourth-order valence-electron chi connectivity index (χ4n) is 2.43. The van der Waals surface area contributed by atoms with Crippen LogP contribution in [0.15, 0.2) is 46.9 Å². The van der Waals surface area contributed by atoms with E-state index in [4.69, 9.17) is 17.0 Å². The van der Waals surface area contributed by atoms with Crippen molar-refractivity contribution < 1.29 is 9.53 Å². The van der Waals surface area contributed by atoms with Crippen LogP contribution in [0.5, 0.6) is 5.75 Å². The van der Waals surface area contributed by atoms with Gasteiger partial charge in [-0.15, -0.1) is 0 Å². The zero-order valence-corrected chi connectivity index (χ0v) is 17.7. The number of amides is 1. The first kappa shape index (κ1) is 20.4. The lowest BCUT2D eigenvalue weighted by Gasteiger charge is -2.16. The van der Waals surface area contributed by atoms with Gasteiger partial charge in [0.25, 0.3) is 5.91 Å². The maximum Gasteiger partial charge on any atom is 0.257 e. The number of anilines is 1. The lowest BCUT2D eigenvalue weighted by atomic mass is 10.0. The summed E-state index contributed by atoms with van der Waals surface area (Å²) in [5, 5.41) is 6.09. The van der Waals surface area contributed by atoms with Crippen molar-refractivity contribution in [1.29, 1.82) is 0 Å². The van der Waals surface area contributed by atoms with Gasteiger partial charge in [-0.05, 0) is 77.7 Å². The summed E-state index contributed by atoms with van der Waals surface area (Å²) in [6, 6.07) is 13.1. The lowest BCUT2D eigenvalue weighted by Crippen LogP contribution is -2.34. The van der Waals surface area contributed by atoms with Crippen LogP contribution < -0.4 is 15.4 Å². The summed E-state index contributed by atoms with van der Waals surface area (Å²) >= 11 is 8.73. The largest absolute Gasteiger partial charge is 0.490 e. The van der Waals surface area contributed by atoms with Crippen molar-refractivity contribution in [2.75, 3.05) is 5.32 Å². The fraction of sp³-hybridized carbons (Fsp3) is 0.300. The summed E-state index contributed by atoms with van der Waals surface area (Å²) in [6.45, 7) is 8.12. The van der Waals surface area contributed by atoms with Crippen LogP contribution >= 0.6 is 28.1 Å². The number of ether oxygens (including phenoxy) is 1. The van der Waals surface area contributed by atoms with Crippen molar-refractivity contribution in [3.05, 3.63) is 58.1 Å². The van der Waals surface area contributed by atoms with Crippen LogP contribution in [-0.4, -0.2) is 17.1 Å². The van der Waals surface area contributed by atoms with Crippen LogP contribution in [0.1, 0.15) is 49.5 Å². The van der Waals surface area contributed by atoms with Crippen LogP contribution in [-0.2, 0) is 0 Å². The Labute approximate surface area is 168 Å². The van der Waals surface area contributed by atoms with E-state index < -0.39 is 0 Å². The highest BCUT2D eigenvalue weighted by atomic mass is 79.9. The van der Waals surface area contributed by atoms with Gasteiger partial charge < -0.3 is 10.1 Å². The molecule has 0 unspecified atom stereocenters. The number of hydrogen-bond acceptors (Lipinski definition) is 3. The van der Waals surface area contributed by atoms with E-state index in [-0.39, 0.29) is 17.1 Å². The molecule has 0 radical (unpaired) electrons. The van der Waals surface area contributed by atoms with Crippen LogP contribution in [0.3, 0.4) is 0 Å². The summed E-state index contributed by atoms with van der Waals surface area (Å²) in [5.74, 6) is 0.770. The number of rotatable bonds is 5. The molecule has 0 aliphatic rings. The topological polar surface area (TPSA) is 50.4 Å². The number of para-hydroxylation sites is 1. The SMILES string of the molecule is CC(C)Oc1ccc(C(=O)NC(=S)Nc2ccccc2C(C)C)cc1Br. The Kier molecular flexibility index (Phi) is 7.17. The maximum atomic E-state index is 12.4. The Balaban J connectivity index is 2.06. The quantitative estimate of drug-likeness (QED) is 0.611. The number of nitrogens with one attached hydrogen (secondary N) is 2. The molecule has 0 fully saturated rings. The highest BCUT2D eigenvalue weighted by molar-refractivity contribution is 9.10. The standard InChI is InChI=1S/C20H23BrN2O2S/c1-12(2)15-7-5-6-8-17(15)22-20(26)23-19(24)14-9-10-18(16(21)11-14)25-13(3)4/h5-13H,1-4H3,(H2,22,23,24,26). The molecule has 138 valence electrons. The average molecular weight is 435 g/mol. The molecule has 1 amide bonds. The van der Waals surface area contributed by atoms with Gasteiger partial charge in [-0.3, -0.25) is 10.1 Å². The second kappa shape index (κ2) is 9.14. The third-order valence-electron chi connectivity index (χ3n) is 3.61. The highest BCUT2D eigenvalue weighted by Crippen LogP contribution is 2.27. The number of hydrogen-bond donors (Lipinski definition) is 2. The minimum absolute atomic E-state index is 0.0591. The number of halogens is 1. The first-order valence-electron chi connectivity index (χ1n) is 8.45. The zero-order chi connectivity index (χ0) is 19.3. The molecule has 0 aliphatic heterocycles.